The molecule has 8 aromatic rings. The Kier molecular flexibility index (Phi) is 9.25. The topological polar surface area (TPSA) is 43.6 Å². The molecule has 53 heavy (non-hydrogen) atoms. The van der Waals surface area contributed by atoms with Crippen molar-refractivity contribution in [1.29, 1.82) is 0 Å². The molecule has 254 valence electrons. The van der Waals surface area contributed by atoms with Gasteiger partial charge in [0, 0.05) is 38.5 Å². The van der Waals surface area contributed by atoms with Crippen LogP contribution in [0.4, 0.5) is 0 Å². The van der Waals surface area contributed by atoms with Crippen molar-refractivity contribution in [3.8, 4) is 28.5 Å². The SMILES string of the molecule is C=CC(=C)/C(=C(\C=C/C/C=C\C)c1nc(-c2ccccc2)nc(-c2ccccc2)n1)c1ccc(-n2c3ccccc3c3ccc4ccccc4c32)cc1. The number of benzene rings is 6. The number of allylic oxidation sites excluding steroid dienone is 8. The van der Waals surface area contributed by atoms with Crippen LogP contribution >= 0.6 is 0 Å². The summed E-state index contributed by atoms with van der Waals surface area (Å²) in [6.07, 6.45) is 11.0. The van der Waals surface area contributed by atoms with Crippen LogP contribution in [0.5, 0.6) is 0 Å². The highest BCUT2D eigenvalue weighted by Crippen LogP contribution is 2.38. The quantitative estimate of drug-likeness (QED) is 0.107. The van der Waals surface area contributed by atoms with Crippen LogP contribution in [0.1, 0.15) is 24.7 Å². The van der Waals surface area contributed by atoms with E-state index >= 15 is 0 Å². The van der Waals surface area contributed by atoms with Crippen LogP contribution in [-0.2, 0) is 0 Å². The molecule has 0 N–H and O–H groups in total. The molecule has 0 bridgehead atoms. The Labute approximate surface area is 310 Å². The van der Waals surface area contributed by atoms with Crippen LogP contribution in [0.3, 0.4) is 0 Å². The molecule has 6 aromatic carbocycles. The molecule has 0 fully saturated rings. The summed E-state index contributed by atoms with van der Waals surface area (Å²) in [4.78, 5) is 15.2. The van der Waals surface area contributed by atoms with Gasteiger partial charge in [0.2, 0.25) is 0 Å². The van der Waals surface area contributed by atoms with Crippen molar-refractivity contribution in [2.24, 2.45) is 0 Å². The average molecular weight is 683 g/mol. The summed E-state index contributed by atoms with van der Waals surface area (Å²) < 4.78 is 2.38. The number of hydrogen-bond acceptors (Lipinski definition) is 3. The maximum Gasteiger partial charge on any atom is 0.164 e. The Hall–Kier alpha value is -6.91. The fourth-order valence-electron chi connectivity index (χ4n) is 6.99. The second-order valence-electron chi connectivity index (χ2n) is 12.8. The van der Waals surface area contributed by atoms with Crippen LogP contribution in [0.25, 0.3) is 72.2 Å². The molecular weight excluding hydrogens is 645 g/mol. The molecule has 4 nitrogen and oxygen atoms in total. The van der Waals surface area contributed by atoms with Crippen LogP contribution in [0, 0.1) is 0 Å². The minimum Gasteiger partial charge on any atom is -0.309 e. The molecule has 0 aliphatic rings. The first kappa shape index (κ1) is 33.2. The summed E-state index contributed by atoms with van der Waals surface area (Å²) in [6, 6.07) is 50.5. The predicted octanol–water partition coefficient (Wildman–Crippen LogP) is 12.6. The third-order valence-corrected chi connectivity index (χ3v) is 9.54. The van der Waals surface area contributed by atoms with Crippen molar-refractivity contribution in [1.82, 2.24) is 19.5 Å². The van der Waals surface area contributed by atoms with Gasteiger partial charge >= 0.3 is 0 Å². The molecule has 0 saturated heterocycles. The highest BCUT2D eigenvalue weighted by molar-refractivity contribution is 6.18. The van der Waals surface area contributed by atoms with Crippen molar-refractivity contribution in [2.45, 2.75) is 13.3 Å². The van der Waals surface area contributed by atoms with Crippen molar-refractivity contribution in [3.63, 3.8) is 0 Å². The van der Waals surface area contributed by atoms with E-state index in [-0.39, 0.29) is 0 Å². The molecule has 8 rings (SSSR count). The molecule has 2 heterocycles. The van der Waals surface area contributed by atoms with Gasteiger partial charge in [-0.25, -0.2) is 15.0 Å². The number of nitrogens with zero attached hydrogens (tertiary/aromatic N) is 4. The number of hydrogen-bond donors (Lipinski definition) is 0. The highest BCUT2D eigenvalue weighted by Gasteiger charge is 2.19. The Morgan fingerprint density at radius 3 is 1.91 bits per heavy atom. The summed E-state index contributed by atoms with van der Waals surface area (Å²) in [7, 11) is 0. The lowest BCUT2D eigenvalue weighted by Crippen LogP contribution is -2.04. The molecule has 0 aliphatic carbocycles. The van der Waals surface area contributed by atoms with Crippen LogP contribution < -0.4 is 0 Å². The van der Waals surface area contributed by atoms with Crippen molar-refractivity contribution < 1.29 is 0 Å². The third kappa shape index (κ3) is 6.43. The first-order valence-electron chi connectivity index (χ1n) is 17.9. The molecule has 0 saturated carbocycles. The largest absolute Gasteiger partial charge is 0.309 e. The Morgan fingerprint density at radius 1 is 0.623 bits per heavy atom. The molecule has 0 atom stereocenters. The van der Waals surface area contributed by atoms with E-state index in [1.54, 1.807) is 6.08 Å². The minimum atomic E-state index is 0.561. The van der Waals surface area contributed by atoms with E-state index in [1.165, 1.54) is 27.1 Å². The fourth-order valence-corrected chi connectivity index (χ4v) is 6.99. The van der Waals surface area contributed by atoms with Gasteiger partial charge in [-0.05, 0) is 53.6 Å². The van der Waals surface area contributed by atoms with Crippen molar-refractivity contribution in [3.05, 3.63) is 206 Å². The Balaban J connectivity index is 1.35. The number of para-hydroxylation sites is 1. The van der Waals surface area contributed by atoms with E-state index in [4.69, 9.17) is 15.0 Å². The average Bonchev–Trinajstić information content (AvgIpc) is 3.57. The molecule has 4 heteroatoms. The maximum atomic E-state index is 5.12. The highest BCUT2D eigenvalue weighted by atomic mass is 15.0. The summed E-state index contributed by atoms with van der Waals surface area (Å²) in [5, 5.41) is 4.89. The molecule has 0 radical (unpaired) electrons. The van der Waals surface area contributed by atoms with Gasteiger partial charge in [-0.15, -0.1) is 0 Å². The standard InChI is InChI=1S/C49H38N4/c1-4-6-7-14-26-43(49-51-47(37-20-10-8-11-21-37)50-48(52-49)38-22-12-9-13-23-38)45(34(3)5-2)36-28-31-39(32-29-36)53-44-27-18-17-25-41(44)42-33-30-35-19-15-16-24-40(35)46(42)53/h4-6,8-33H,2-3,7H2,1H3/b6-4-,26-14-,45-43-. The van der Waals surface area contributed by atoms with E-state index in [0.717, 1.165) is 51.0 Å². The first-order valence-corrected chi connectivity index (χ1v) is 17.9. The second kappa shape index (κ2) is 14.7. The predicted molar refractivity (Wildman–Crippen MR) is 224 cm³/mol. The number of rotatable bonds is 10. The van der Waals surface area contributed by atoms with Gasteiger partial charge < -0.3 is 4.57 Å². The molecule has 2 aromatic heterocycles. The molecular formula is C49H38N4. The molecule has 0 spiro atoms. The number of aromatic nitrogens is 4. The van der Waals surface area contributed by atoms with E-state index < -0.39 is 0 Å². The van der Waals surface area contributed by atoms with E-state index in [9.17, 15) is 0 Å². The van der Waals surface area contributed by atoms with Crippen LogP contribution in [0.2, 0.25) is 0 Å². The smallest absolute Gasteiger partial charge is 0.164 e. The Morgan fingerprint density at radius 2 is 1.25 bits per heavy atom. The van der Waals surface area contributed by atoms with Crippen molar-refractivity contribution >= 4 is 43.7 Å². The van der Waals surface area contributed by atoms with Gasteiger partial charge in [-0.3, -0.25) is 0 Å². The fraction of sp³-hybridized carbons (Fsp3) is 0.0408. The van der Waals surface area contributed by atoms with E-state index in [1.807, 2.05) is 67.6 Å². The lowest BCUT2D eigenvalue weighted by molar-refractivity contribution is 1.04. The van der Waals surface area contributed by atoms with Gasteiger partial charge in [0.1, 0.15) is 0 Å². The van der Waals surface area contributed by atoms with Gasteiger partial charge in [-0.1, -0.05) is 171 Å². The lowest BCUT2D eigenvalue weighted by Gasteiger charge is -2.16. The first-order chi connectivity index (χ1) is 26.1. The van der Waals surface area contributed by atoms with E-state index in [0.29, 0.717) is 17.5 Å². The zero-order chi connectivity index (χ0) is 36.1. The minimum absolute atomic E-state index is 0.561. The normalized spacial score (nSPS) is 12.2. The van der Waals surface area contributed by atoms with Gasteiger partial charge in [0.15, 0.2) is 17.5 Å². The monoisotopic (exact) mass is 682 g/mol. The summed E-state index contributed by atoms with van der Waals surface area (Å²) >= 11 is 0. The summed E-state index contributed by atoms with van der Waals surface area (Å²) in [6.45, 7) is 10.7. The van der Waals surface area contributed by atoms with Gasteiger partial charge in [-0.2, -0.15) is 0 Å². The van der Waals surface area contributed by atoms with Crippen LogP contribution in [-0.4, -0.2) is 19.5 Å². The van der Waals surface area contributed by atoms with E-state index in [2.05, 4.69) is 127 Å². The summed E-state index contributed by atoms with van der Waals surface area (Å²) in [5.74, 6) is 1.77. The van der Waals surface area contributed by atoms with Gasteiger partial charge in [0.05, 0.1) is 11.0 Å². The zero-order valence-electron chi connectivity index (χ0n) is 29.7. The Bertz CT molecular complexity index is 2650. The number of fused-ring (bicyclic) bond motifs is 5. The third-order valence-electron chi connectivity index (χ3n) is 9.54. The summed E-state index contributed by atoms with van der Waals surface area (Å²) in [5.41, 5.74) is 8.76. The van der Waals surface area contributed by atoms with Crippen LogP contribution in [0.15, 0.2) is 195 Å². The second-order valence-corrected chi connectivity index (χ2v) is 12.8. The lowest BCUT2D eigenvalue weighted by atomic mass is 9.92. The van der Waals surface area contributed by atoms with Gasteiger partial charge in [0.25, 0.3) is 0 Å². The zero-order valence-corrected chi connectivity index (χ0v) is 29.7. The molecule has 0 amide bonds. The molecule has 0 unspecified atom stereocenters. The maximum absolute atomic E-state index is 5.12. The molecule has 0 aliphatic heterocycles. The van der Waals surface area contributed by atoms with Crippen molar-refractivity contribution in [2.75, 3.05) is 0 Å².